The molecule has 0 unspecified atom stereocenters. The third kappa shape index (κ3) is 14.3. The van der Waals surface area contributed by atoms with E-state index in [2.05, 4.69) is 11.4 Å². The molecule has 0 aromatic heterocycles. The van der Waals surface area contributed by atoms with Crippen LogP contribution in [-0.2, 0) is 9.09 Å². The van der Waals surface area contributed by atoms with Gasteiger partial charge < -0.3 is 0 Å². The van der Waals surface area contributed by atoms with Crippen molar-refractivity contribution in [1.29, 1.82) is 0 Å². The molecule has 0 aliphatic heterocycles. The fourth-order valence-corrected chi connectivity index (χ4v) is 1.01. The Bertz CT molecular complexity index is 80.8. The van der Waals surface area contributed by atoms with Crippen LogP contribution in [0.3, 0.4) is 0 Å². The third-order valence-corrected chi connectivity index (χ3v) is 1.68. The van der Waals surface area contributed by atoms with Crippen molar-refractivity contribution in [3.05, 3.63) is 0 Å². The standard InChI is InChI=1S/C7H15O2P.Nd/c1-2-3-4-5-6-7-9-10-8;/h2-7H2,1H3;. The molecule has 0 aliphatic carbocycles. The monoisotopic (exact) mass is 304 g/mol. The summed E-state index contributed by atoms with van der Waals surface area (Å²) in [6.07, 6.45) is 6.07. The van der Waals surface area contributed by atoms with Crippen molar-refractivity contribution < 1.29 is 49.9 Å². The first-order chi connectivity index (χ1) is 4.91. The molecule has 0 radical (unpaired) electrons. The van der Waals surface area contributed by atoms with Gasteiger partial charge in [0.1, 0.15) is 0 Å². The van der Waals surface area contributed by atoms with Gasteiger partial charge in [0, 0.05) is 40.8 Å². The van der Waals surface area contributed by atoms with Gasteiger partial charge in [-0.2, -0.15) is 0 Å². The van der Waals surface area contributed by atoms with Crippen molar-refractivity contribution in [3.63, 3.8) is 0 Å². The summed E-state index contributed by atoms with van der Waals surface area (Å²) in [7, 11) is -0.182. The second-order valence-corrected chi connectivity index (χ2v) is 2.73. The largest absolute Gasteiger partial charge is 0.327 e. The van der Waals surface area contributed by atoms with Crippen LogP contribution in [0.4, 0.5) is 0 Å². The molecule has 0 aromatic rings. The summed E-state index contributed by atoms with van der Waals surface area (Å²) in [5.74, 6) is 0. The Morgan fingerprint density at radius 2 is 1.82 bits per heavy atom. The zero-order valence-electron chi connectivity index (χ0n) is 7.01. The van der Waals surface area contributed by atoms with Crippen LogP contribution in [0.1, 0.15) is 39.0 Å². The van der Waals surface area contributed by atoms with Gasteiger partial charge in [-0.25, -0.2) is 4.57 Å². The maximum absolute atomic E-state index is 9.77. The smallest absolute Gasteiger partial charge is 0.294 e. The van der Waals surface area contributed by atoms with E-state index < -0.39 is 0 Å². The van der Waals surface area contributed by atoms with Crippen molar-refractivity contribution in [1.82, 2.24) is 0 Å². The summed E-state index contributed by atoms with van der Waals surface area (Å²) < 4.78 is 14.4. The van der Waals surface area contributed by atoms with E-state index in [9.17, 15) is 4.57 Å². The van der Waals surface area contributed by atoms with Crippen LogP contribution in [0, 0.1) is 40.8 Å². The molecule has 4 heteroatoms. The predicted molar refractivity (Wildman–Crippen MR) is 42.3 cm³/mol. The molecule has 0 aromatic carbocycles. The van der Waals surface area contributed by atoms with Crippen molar-refractivity contribution in [2.45, 2.75) is 39.0 Å². The fraction of sp³-hybridized carbons (Fsp3) is 1.00. The molecule has 0 heterocycles. The van der Waals surface area contributed by atoms with E-state index in [1.165, 1.54) is 25.7 Å². The van der Waals surface area contributed by atoms with E-state index in [0.29, 0.717) is 6.61 Å². The minimum atomic E-state index is -0.182. The summed E-state index contributed by atoms with van der Waals surface area (Å²) >= 11 is 0. The zero-order valence-corrected chi connectivity index (χ0v) is 11.1. The molecule has 0 fully saturated rings. The molecule has 11 heavy (non-hydrogen) atoms. The number of unbranched alkanes of at least 4 members (excludes halogenated alkanes) is 4. The molecule has 0 aliphatic rings. The first kappa shape index (κ1) is 14.9. The van der Waals surface area contributed by atoms with E-state index in [1.54, 1.807) is 0 Å². The molecule has 0 N–H and O–H groups in total. The molecule has 0 atom stereocenters. The van der Waals surface area contributed by atoms with E-state index in [4.69, 9.17) is 0 Å². The Labute approximate surface area is 103 Å². The first-order valence-electron chi connectivity index (χ1n) is 3.86. The average Bonchev–Trinajstić information content (AvgIpc) is 1.97. The van der Waals surface area contributed by atoms with Gasteiger partial charge >= 0.3 is 8.69 Å². The maximum atomic E-state index is 9.77. The Kier molecular flexibility index (Phi) is 18.9. The van der Waals surface area contributed by atoms with Crippen molar-refractivity contribution in [3.8, 4) is 0 Å². The Hall–Kier alpha value is 1.41. The van der Waals surface area contributed by atoms with Gasteiger partial charge in [0.15, 0.2) is 0 Å². The van der Waals surface area contributed by atoms with E-state index >= 15 is 0 Å². The molecular weight excluding hydrogens is 291 g/mol. The minimum absolute atomic E-state index is 0. The summed E-state index contributed by atoms with van der Waals surface area (Å²) in [6, 6.07) is 0. The van der Waals surface area contributed by atoms with Crippen LogP contribution in [0.2, 0.25) is 0 Å². The summed E-state index contributed by atoms with van der Waals surface area (Å²) in [6.45, 7) is 2.82. The van der Waals surface area contributed by atoms with E-state index in [1.807, 2.05) is 0 Å². The van der Waals surface area contributed by atoms with Gasteiger partial charge in [-0.05, 0) is 6.42 Å². The van der Waals surface area contributed by atoms with Crippen LogP contribution >= 0.6 is 8.69 Å². The second kappa shape index (κ2) is 14.0. The van der Waals surface area contributed by atoms with Crippen molar-refractivity contribution in [2.75, 3.05) is 6.61 Å². The summed E-state index contributed by atoms with van der Waals surface area (Å²) in [5.41, 5.74) is 0. The van der Waals surface area contributed by atoms with Crippen LogP contribution in [-0.4, -0.2) is 6.61 Å². The SMILES string of the molecule is CCCCCCCOP=O.[Nd]. The molecule has 0 spiro atoms. The maximum Gasteiger partial charge on any atom is 0.327 e. The third-order valence-electron chi connectivity index (χ3n) is 1.39. The normalized spacial score (nSPS) is 9.55. The van der Waals surface area contributed by atoms with Crippen molar-refractivity contribution >= 4 is 8.69 Å². The first-order valence-corrected chi connectivity index (χ1v) is 4.59. The zero-order chi connectivity index (χ0) is 7.66. The fourth-order valence-electron chi connectivity index (χ4n) is 0.807. The second-order valence-electron chi connectivity index (χ2n) is 2.32. The average molecular weight is 306 g/mol. The van der Waals surface area contributed by atoms with Crippen molar-refractivity contribution in [2.24, 2.45) is 0 Å². The van der Waals surface area contributed by atoms with Gasteiger partial charge in [-0.3, -0.25) is 4.52 Å². The molecule has 0 saturated carbocycles. The number of hydrogen-bond acceptors (Lipinski definition) is 2. The molecular formula is C7H15NdO2P. The van der Waals surface area contributed by atoms with Crippen LogP contribution in [0.25, 0.3) is 0 Å². The quantitative estimate of drug-likeness (QED) is 0.533. The van der Waals surface area contributed by atoms with Gasteiger partial charge in [0.05, 0.1) is 6.61 Å². The van der Waals surface area contributed by atoms with Gasteiger partial charge in [-0.1, -0.05) is 32.6 Å². The number of rotatable bonds is 7. The molecule has 0 amide bonds. The molecule has 2 nitrogen and oxygen atoms in total. The van der Waals surface area contributed by atoms with E-state index in [-0.39, 0.29) is 49.5 Å². The van der Waals surface area contributed by atoms with Gasteiger partial charge in [-0.15, -0.1) is 0 Å². The van der Waals surface area contributed by atoms with E-state index in [0.717, 1.165) is 6.42 Å². The van der Waals surface area contributed by atoms with Crippen LogP contribution < -0.4 is 0 Å². The van der Waals surface area contributed by atoms with Gasteiger partial charge in [0.2, 0.25) is 0 Å². The van der Waals surface area contributed by atoms with Crippen LogP contribution in [0.15, 0.2) is 0 Å². The van der Waals surface area contributed by atoms with Crippen LogP contribution in [0.5, 0.6) is 0 Å². The summed E-state index contributed by atoms with van der Waals surface area (Å²) in [4.78, 5) is 0. The minimum Gasteiger partial charge on any atom is -0.294 e. The topological polar surface area (TPSA) is 26.3 Å². The molecule has 0 rings (SSSR count). The van der Waals surface area contributed by atoms with Gasteiger partial charge in [0.25, 0.3) is 0 Å². The number of hydrogen-bond donors (Lipinski definition) is 0. The Morgan fingerprint density at radius 1 is 1.18 bits per heavy atom. The molecule has 0 bridgehead atoms. The Morgan fingerprint density at radius 3 is 2.36 bits per heavy atom. The molecule has 64 valence electrons. The Balaban J connectivity index is 0. The summed E-state index contributed by atoms with van der Waals surface area (Å²) in [5, 5.41) is 0. The predicted octanol–water partition coefficient (Wildman–Crippen LogP) is 3.18. The molecule has 0 saturated heterocycles.